The van der Waals surface area contributed by atoms with E-state index in [1.807, 2.05) is 42.5 Å². The van der Waals surface area contributed by atoms with Gasteiger partial charge in [0.15, 0.2) is 5.78 Å². The van der Waals surface area contributed by atoms with Gasteiger partial charge in [0.05, 0.1) is 24.1 Å². The minimum absolute atomic E-state index is 0.108. The fourth-order valence-electron chi connectivity index (χ4n) is 4.47. The molecule has 2 unspecified atom stereocenters. The summed E-state index contributed by atoms with van der Waals surface area (Å²) in [6.07, 6.45) is 9.77. The molecule has 180 valence electrons. The van der Waals surface area contributed by atoms with Gasteiger partial charge >= 0.3 is 0 Å². The number of anilines is 1. The van der Waals surface area contributed by atoms with Gasteiger partial charge in [0.25, 0.3) is 0 Å². The van der Waals surface area contributed by atoms with Crippen molar-refractivity contribution in [2.75, 3.05) is 5.32 Å². The van der Waals surface area contributed by atoms with Gasteiger partial charge in [0.2, 0.25) is 11.8 Å². The second-order valence-corrected chi connectivity index (χ2v) is 8.76. The zero-order valence-corrected chi connectivity index (χ0v) is 19.8. The van der Waals surface area contributed by atoms with Crippen molar-refractivity contribution in [3.8, 4) is 22.7 Å². The molecule has 1 aliphatic rings. The van der Waals surface area contributed by atoms with Gasteiger partial charge in [-0.15, -0.1) is 0 Å². The van der Waals surface area contributed by atoms with E-state index in [9.17, 15) is 9.59 Å². The van der Waals surface area contributed by atoms with Crippen molar-refractivity contribution in [2.45, 2.75) is 32.2 Å². The largest absolute Gasteiger partial charge is 0.445 e. The highest BCUT2D eigenvalue weighted by molar-refractivity contribution is 6.23. The highest BCUT2D eigenvalue weighted by atomic mass is 16.3. The Morgan fingerprint density at radius 2 is 1.92 bits per heavy atom. The Kier molecular flexibility index (Phi) is 6.75. The van der Waals surface area contributed by atoms with Crippen LogP contribution in [0, 0.1) is 5.92 Å². The lowest BCUT2D eigenvalue weighted by Gasteiger charge is -2.25. The lowest BCUT2D eigenvalue weighted by molar-refractivity contribution is -0.129. The van der Waals surface area contributed by atoms with Crippen molar-refractivity contribution in [3.63, 3.8) is 0 Å². The first-order valence-electron chi connectivity index (χ1n) is 11.8. The molecule has 1 amide bonds. The molecule has 8 nitrogen and oxygen atoms in total. The minimum Gasteiger partial charge on any atom is -0.445 e. The van der Waals surface area contributed by atoms with Crippen LogP contribution in [0.25, 0.3) is 22.7 Å². The van der Waals surface area contributed by atoms with Gasteiger partial charge < -0.3 is 9.73 Å². The van der Waals surface area contributed by atoms with Crippen molar-refractivity contribution < 1.29 is 14.0 Å². The van der Waals surface area contributed by atoms with Crippen LogP contribution in [0.3, 0.4) is 0 Å². The number of hydrogen-bond donors (Lipinski definition) is 1. The monoisotopic (exact) mass is 479 g/mol. The van der Waals surface area contributed by atoms with E-state index < -0.39 is 5.92 Å². The van der Waals surface area contributed by atoms with E-state index in [1.165, 1.54) is 0 Å². The molecule has 2 atom stereocenters. The summed E-state index contributed by atoms with van der Waals surface area (Å²) in [6, 6.07) is 15.2. The molecule has 4 aromatic rings. The van der Waals surface area contributed by atoms with E-state index in [2.05, 4.69) is 20.3 Å². The summed E-state index contributed by atoms with van der Waals surface area (Å²) in [7, 11) is 0. The van der Waals surface area contributed by atoms with Gasteiger partial charge in [-0.1, -0.05) is 24.3 Å². The van der Waals surface area contributed by atoms with Crippen molar-refractivity contribution in [2.24, 2.45) is 10.9 Å². The van der Waals surface area contributed by atoms with Gasteiger partial charge in [-0.05, 0) is 49.6 Å². The van der Waals surface area contributed by atoms with E-state index in [-0.39, 0.29) is 24.2 Å². The standard InChI is InChI=1S/C28H25N5O3/c1-18-26(27(35)33-22-7-3-5-20(15-22)24-17-29-10-11-30-24)25(34)16-23(32-18)9-8-19-4-2-6-21(14-19)28-31-12-13-36-28/h2-7,10-15,17,23,26H,8-9,16H2,1H3,(H,33,35). The number of aliphatic imine (C=N–C) groups is 1. The number of aryl methyl sites for hydroxylation is 1. The Morgan fingerprint density at radius 1 is 1.06 bits per heavy atom. The third kappa shape index (κ3) is 5.27. The molecule has 2 aromatic carbocycles. The summed E-state index contributed by atoms with van der Waals surface area (Å²) < 4.78 is 5.38. The third-order valence-electron chi connectivity index (χ3n) is 6.19. The summed E-state index contributed by atoms with van der Waals surface area (Å²) in [4.78, 5) is 43.3. The molecule has 5 rings (SSSR count). The maximum atomic E-state index is 13.0. The predicted octanol–water partition coefficient (Wildman–Crippen LogP) is 4.79. The quantitative estimate of drug-likeness (QED) is 0.382. The minimum atomic E-state index is -0.880. The highest BCUT2D eigenvalue weighted by Gasteiger charge is 2.35. The first-order valence-corrected chi connectivity index (χ1v) is 11.8. The third-order valence-corrected chi connectivity index (χ3v) is 6.19. The smallest absolute Gasteiger partial charge is 0.240 e. The first-order chi connectivity index (χ1) is 17.6. The number of nitrogens with zero attached hydrogens (tertiary/aromatic N) is 4. The number of nitrogens with one attached hydrogen (secondary N) is 1. The summed E-state index contributed by atoms with van der Waals surface area (Å²) in [5.74, 6) is -0.775. The van der Waals surface area contributed by atoms with E-state index >= 15 is 0 Å². The van der Waals surface area contributed by atoms with Crippen molar-refractivity contribution in [3.05, 3.63) is 85.1 Å². The normalized spacial score (nSPS) is 17.5. The summed E-state index contributed by atoms with van der Waals surface area (Å²) in [6.45, 7) is 1.76. The molecule has 0 bridgehead atoms. The van der Waals surface area contributed by atoms with Gasteiger partial charge in [0, 0.05) is 41.3 Å². The fourth-order valence-corrected chi connectivity index (χ4v) is 4.47. The zero-order chi connectivity index (χ0) is 24.9. The van der Waals surface area contributed by atoms with E-state index in [0.29, 0.717) is 29.4 Å². The predicted molar refractivity (Wildman–Crippen MR) is 136 cm³/mol. The van der Waals surface area contributed by atoms with Gasteiger partial charge in [-0.3, -0.25) is 24.5 Å². The van der Waals surface area contributed by atoms with Crippen LogP contribution in [0.5, 0.6) is 0 Å². The first kappa shape index (κ1) is 23.3. The van der Waals surface area contributed by atoms with Crippen molar-refractivity contribution in [1.82, 2.24) is 15.0 Å². The number of rotatable bonds is 7. The Hall–Kier alpha value is -4.46. The number of aromatic nitrogens is 3. The molecule has 0 radical (unpaired) electrons. The van der Waals surface area contributed by atoms with E-state index in [0.717, 1.165) is 23.1 Å². The molecule has 36 heavy (non-hydrogen) atoms. The summed E-state index contributed by atoms with van der Waals surface area (Å²) in [5.41, 5.74) is 4.71. The molecule has 3 heterocycles. The molecule has 0 aliphatic carbocycles. The number of ketones is 1. The zero-order valence-electron chi connectivity index (χ0n) is 19.8. The lowest BCUT2D eigenvalue weighted by atomic mass is 9.87. The maximum Gasteiger partial charge on any atom is 0.240 e. The fraction of sp³-hybridized carbons (Fsp3) is 0.214. The van der Waals surface area contributed by atoms with Crippen LogP contribution < -0.4 is 5.32 Å². The van der Waals surface area contributed by atoms with Crippen LogP contribution in [-0.4, -0.2) is 38.4 Å². The number of carbonyl (C=O) groups excluding carboxylic acids is 2. The molecule has 0 fully saturated rings. The topological polar surface area (TPSA) is 110 Å². The van der Waals surface area contributed by atoms with Crippen LogP contribution in [0.15, 0.2) is 89.0 Å². The maximum absolute atomic E-state index is 13.0. The molecule has 1 N–H and O–H groups in total. The van der Waals surface area contributed by atoms with E-state index in [4.69, 9.17) is 9.41 Å². The number of Topliss-reactive ketones (excluding diaryl/α,β-unsaturated/α-hetero) is 1. The number of carbonyl (C=O) groups is 2. The Balaban J connectivity index is 1.23. The molecule has 2 aromatic heterocycles. The second kappa shape index (κ2) is 10.4. The summed E-state index contributed by atoms with van der Waals surface area (Å²) in [5, 5.41) is 2.87. The molecular weight excluding hydrogens is 454 g/mol. The number of benzene rings is 2. The van der Waals surface area contributed by atoms with Gasteiger partial charge in [0.1, 0.15) is 12.2 Å². The van der Waals surface area contributed by atoms with Crippen LogP contribution in [0.4, 0.5) is 5.69 Å². The number of hydrogen-bond acceptors (Lipinski definition) is 7. The number of amides is 1. The molecule has 0 spiro atoms. The van der Waals surface area contributed by atoms with Crippen LogP contribution >= 0.6 is 0 Å². The Bertz CT molecular complexity index is 1400. The van der Waals surface area contributed by atoms with E-state index in [1.54, 1.807) is 44.0 Å². The van der Waals surface area contributed by atoms with Crippen LogP contribution in [0.2, 0.25) is 0 Å². The number of oxazole rings is 1. The van der Waals surface area contributed by atoms with Gasteiger partial charge in [-0.2, -0.15) is 0 Å². The molecule has 0 saturated heterocycles. The van der Waals surface area contributed by atoms with Gasteiger partial charge in [-0.25, -0.2) is 4.98 Å². The van der Waals surface area contributed by atoms with Crippen molar-refractivity contribution >= 4 is 23.1 Å². The lowest BCUT2D eigenvalue weighted by Crippen LogP contribution is -2.40. The Morgan fingerprint density at radius 3 is 2.69 bits per heavy atom. The molecule has 0 saturated carbocycles. The van der Waals surface area contributed by atoms with Crippen molar-refractivity contribution in [1.29, 1.82) is 0 Å². The second-order valence-electron chi connectivity index (χ2n) is 8.76. The average molecular weight is 480 g/mol. The Labute approximate surface area is 208 Å². The molecular formula is C28H25N5O3. The molecule has 8 heteroatoms. The average Bonchev–Trinajstić information content (AvgIpc) is 3.43. The van der Waals surface area contributed by atoms with Crippen LogP contribution in [0.1, 0.15) is 25.3 Å². The SMILES string of the molecule is CC1=NC(CCc2cccc(-c3ncco3)c2)CC(=O)C1C(=O)Nc1cccc(-c2cnccn2)c1. The highest BCUT2D eigenvalue weighted by Crippen LogP contribution is 2.25. The molecule has 1 aliphatic heterocycles. The van der Waals surface area contributed by atoms with Crippen LogP contribution in [-0.2, 0) is 16.0 Å². The summed E-state index contributed by atoms with van der Waals surface area (Å²) >= 11 is 0.